The van der Waals surface area contributed by atoms with Crippen LogP contribution in [0.2, 0.25) is 0 Å². The number of ether oxygens (including phenoxy) is 1. The fourth-order valence-corrected chi connectivity index (χ4v) is 1.69. The van der Waals surface area contributed by atoms with Crippen molar-refractivity contribution in [3.05, 3.63) is 0 Å². The van der Waals surface area contributed by atoms with E-state index in [2.05, 4.69) is 0 Å². The zero-order valence-electron chi connectivity index (χ0n) is 11.9. The largest absolute Gasteiger partial charge is 0.481 e. The van der Waals surface area contributed by atoms with Crippen LogP contribution in [0.1, 0.15) is 13.3 Å². The summed E-state index contributed by atoms with van der Waals surface area (Å²) in [6.07, 6.45) is -0.939. The van der Waals surface area contributed by atoms with E-state index in [1.54, 1.807) is 6.92 Å². The lowest BCUT2D eigenvalue weighted by Gasteiger charge is -2.31. The van der Waals surface area contributed by atoms with Crippen molar-refractivity contribution in [2.24, 2.45) is 11.7 Å². The molecule has 0 spiro atoms. The zero-order chi connectivity index (χ0) is 15.2. The van der Waals surface area contributed by atoms with Crippen LogP contribution in [-0.2, 0) is 19.1 Å². The monoisotopic (exact) mass is 275 g/mol. The summed E-state index contributed by atoms with van der Waals surface area (Å²) in [5, 5.41) is 9.18. The van der Waals surface area contributed by atoms with Gasteiger partial charge in [-0.15, -0.1) is 0 Å². The highest BCUT2D eigenvalue weighted by Crippen LogP contribution is 2.15. The number of carbonyl (C=O) groups is 3. The predicted octanol–water partition coefficient (Wildman–Crippen LogP) is -0.757. The molecule has 7 nitrogen and oxygen atoms in total. The molecule has 0 amide bonds. The Hall–Kier alpha value is -1.47. The van der Waals surface area contributed by atoms with Crippen LogP contribution in [0.15, 0.2) is 0 Å². The topological polar surface area (TPSA) is 107 Å². The number of rotatable bonds is 8. The maximum Gasteiger partial charge on any atom is 0.320 e. The van der Waals surface area contributed by atoms with Crippen LogP contribution in [0.25, 0.3) is 0 Å². The van der Waals surface area contributed by atoms with Gasteiger partial charge in [0.1, 0.15) is 6.54 Å². The molecule has 2 unspecified atom stereocenters. The Morgan fingerprint density at radius 3 is 2.11 bits per heavy atom. The highest BCUT2D eigenvalue weighted by Gasteiger charge is 2.39. The van der Waals surface area contributed by atoms with E-state index in [9.17, 15) is 19.5 Å². The lowest BCUT2D eigenvalue weighted by Crippen LogP contribution is -2.50. The van der Waals surface area contributed by atoms with Crippen molar-refractivity contribution in [1.82, 2.24) is 0 Å². The summed E-state index contributed by atoms with van der Waals surface area (Å²) in [6.45, 7) is 1.45. The summed E-state index contributed by atoms with van der Waals surface area (Å²) in [5.41, 5.74) is 5.16. The van der Waals surface area contributed by atoms with Gasteiger partial charge in [-0.2, -0.15) is 0 Å². The number of Topliss-reactive ketones (excluding diaryl/α,β-unsaturated/α-hetero) is 1. The number of ketones is 1. The molecule has 0 aliphatic heterocycles. The molecule has 0 aliphatic carbocycles. The number of hydrogen-bond acceptors (Lipinski definition) is 5. The maximum absolute atomic E-state index is 11.7. The van der Waals surface area contributed by atoms with Crippen molar-refractivity contribution in [2.75, 3.05) is 34.2 Å². The molecule has 0 fully saturated rings. The number of nitrogens with zero attached hydrogens (tertiary/aromatic N) is 1. The van der Waals surface area contributed by atoms with E-state index < -0.39 is 29.7 Å². The number of esters is 1. The second-order valence-electron chi connectivity index (χ2n) is 5.34. The number of carbonyl (C=O) groups excluding carboxylic acids is 2. The molecule has 0 aromatic carbocycles. The van der Waals surface area contributed by atoms with Gasteiger partial charge < -0.3 is 20.1 Å². The summed E-state index contributed by atoms with van der Waals surface area (Å²) in [4.78, 5) is 34.3. The first-order chi connectivity index (χ1) is 8.62. The average Bonchev–Trinajstić information content (AvgIpc) is 2.25. The molecule has 3 N–H and O–H groups in total. The van der Waals surface area contributed by atoms with Gasteiger partial charge in [0.2, 0.25) is 0 Å². The molecule has 0 saturated heterocycles. The molecule has 0 heterocycles. The van der Waals surface area contributed by atoms with Gasteiger partial charge in [0.25, 0.3) is 0 Å². The highest BCUT2D eigenvalue weighted by atomic mass is 16.5. The van der Waals surface area contributed by atoms with Crippen molar-refractivity contribution in [3.8, 4) is 0 Å². The van der Waals surface area contributed by atoms with Gasteiger partial charge in [-0.25, -0.2) is 0 Å². The van der Waals surface area contributed by atoms with Crippen molar-refractivity contribution < 1.29 is 28.7 Å². The summed E-state index contributed by atoms with van der Waals surface area (Å²) in [7, 11) is 5.45. The van der Waals surface area contributed by atoms with Gasteiger partial charge in [0, 0.05) is 6.42 Å². The molecule has 0 aliphatic rings. The summed E-state index contributed by atoms with van der Waals surface area (Å²) in [6, 6.07) is 0. The second-order valence-corrected chi connectivity index (χ2v) is 5.34. The molecule has 110 valence electrons. The van der Waals surface area contributed by atoms with E-state index >= 15 is 0 Å². The first-order valence-corrected chi connectivity index (χ1v) is 6.08. The predicted molar refractivity (Wildman–Crippen MR) is 68.3 cm³/mol. The molecule has 2 atom stereocenters. The summed E-state index contributed by atoms with van der Waals surface area (Å²) in [5.74, 6) is -3.81. The van der Waals surface area contributed by atoms with Crippen LogP contribution in [0.3, 0.4) is 0 Å². The molecule has 7 heteroatoms. The minimum atomic E-state index is -1.35. The molecule has 0 aromatic heterocycles. The molecule has 0 bridgehead atoms. The lowest BCUT2D eigenvalue weighted by atomic mass is 9.95. The van der Waals surface area contributed by atoms with E-state index in [1.807, 2.05) is 21.1 Å². The first kappa shape index (κ1) is 17.5. The van der Waals surface area contributed by atoms with Gasteiger partial charge in [-0.3, -0.25) is 14.4 Å². The van der Waals surface area contributed by atoms with Gasteiger partial charge in [0.05, 0.1) is 27.7 Å². The number of carboxylic acids is 1. The minimum Gasteiger partial charge on any atom is -0.481 e. The first-order valence-electron chi connectivity index (χ1n) is 6.08. The molecule has 0 saturated carbocycles. The SMILES string of the molecule is CCC(=O)C(C(=O)O)C(C[N+](C)(C)C)OC(=O)CN. The third kappa shape index (κ3) is 6.30. The van der Waals surface area contributed by atoms with Crippen LogP contribution in [0.4, 0.5) is 0 Å². The van der Waals surface area contributed by atoms with Crippen LogP contribution in [0, 0.1) is 5.92 Å². The Morgan fingerprint density at radius 2 is 1.79 bits per heavy atom. The van der Waals surface area contributed by atoms with E-state index in [1.165, 1.54) is 0 Å². The standard InChI is InChI=1S/C12H22N2O5/c1-5-8(15)11(12(17)18)9(7-14(2,3)4)19-10(16)6-13/h9,11H,5-7,13H2,1-4H3/p+1. The van der Waals surface area contributed by atoms with Crippen LogP contribution < -0.4 is 5.73 Å². The van der Waals surface area contributed by atoms with Crippen molar-refractivity contribution in [2.45, 2.75) is 19.4 Å². The Balaban J connectivity index is 5.21. The Bertz CT molecular complexity index is 349. The zero-order valence-corrected chi connectivity index (χ0v) is 11.9. The maximum atomic E-state index is 11.7. The highest BCUT2D eigenvalue weighted by molar-refractivity contribution is 5.99. The lowest BCUT2D eigenvalue weighted by molar-refractivity contribution is -0.873. The third-order valence-corrected chi connectivity index (χ3v) is 2.51. The number of likely N-dealkylation sites (N-methyl/N-ethyl adjacent to an activating group) is 1. The van der Waals surface area contributed by atoms with Crippen LogP contribution in [0.5, 0.6) is 0 Å². The Kier molecular flexibility index (Phi) is 6.64. The van der Waals surface area contributed by atoms with E-state index in [-0.39, 0.29) is 19.5 Å². The van der Waals surface area contributed by atoms with Crippen LogP contribution in [-0.4, -0.2) is 67.6 Å². The third-order valence-electron chi connectivity index (χ3n) is 2.51. The summed E-state index contributed by atoms with van der Waals surface area (Å²) < 4.78 is 5.41. The normalized spacial score (nSPS) is 14.6. The number of hydrogen-bond donors (Lipinski definition) is 2. The van der Waals surface area contributed by atoms with Crippen molar-refractivity contribution in [1.29, 1.82) is 0 Å². The molecule has 19 heavy (non-hydrogen) atoms. The molecule has 0 aromatic rings. The smallest absolute Gasteiger partial charge is 0.320 e. The van der Waals surface area contributed by atoms with Crippen molar-refractivity contribution >= 4 is 17.7 Å². The van der Waals surface area contributed by atoms with Gasteiger partial charge in [0.15, 0.2) is 17.8 Å². The number of carboxylic acid groups (broad SMARTS) is 1. The second kappa shape index (κ2) is 7.20. The average molecular weight is 275 g/mol. The number of aliphatic carboxylic acids is 1. The molecule has 0 rings (SSSR count). The Morgan fingerprint density at radius 1 is 1.26 bits per heavy atom. The molecule has 0 radical (unpaired) electrons. The Labute approximate surface area is 112 Å². The summed E-state index contributed by atoms with van der Waals surface area (Å²) >= 11 is 0. The number of nitrogens with two attached hydrogens (primary N) is 1. The minimum absolute atomic E-state index is 0.0742. The van der Waals surface area contributed by atoms with Gasteiger partial charge >= 0.3 is 11.9 Å². The fraction of sp³-hybridized carbons (Fsp3) is 0.750. The fourth-order valence-electron chi connectivity index (χ4n) is 1.69. The molecular formula is C12H23N2O5+. The van der Waals surface area contributed by atoms with E-state index in [4.69, 9.17) is 10.5 Å². The number of quaternary nitrogens is 1. The van der Waals surface area contributed by atoms with Crippen LogP contribution >= 0.6 is 0 Å². The quantitative estimate of drug-likeness (QED) is 0.343. The van der Waals surface area contributed by atoms with E-state index in [0.29, 0.717) is 4.48 Å². The van der Waals surface area contributed by atoms with Gasteiger partial charge in [-0.05, 0) is 0 Å². The molecular weight excluding hydrogens is 252 g/mol. The van der Waals surface area contributed by atoms with E-state index in [0.717, 1.165) is 0 Å². The van der Waals surface area contributed by atoms with Gasteiger partial charge in [-0.1, -0.05) is 6.92 Å². The van der Waals surface area contributed by atoms with Crippen molar-refractivity contribution in [3.63, 3.8) is 0 Å².